The highest BCUT2D eigenvalue weighted by Crippen LogP contribution is 2.28. The summed E-state index contributed by atoms with van der Waals surface area (Å²) in [6.07, 6.45) is 0.382. The Labute approximate surface area is 162 Å². The minimum absolute atomic E-state index is 0. The number of sulfonamides is 1. The minimum atomic E-state index is -3.52. The quantitative estimate of drug-likeness (QED) is 0.772. The van der Waals surface area contributed by atoms with Crippen molar-refractivity contribution in [2.45, 2.75) is 16.7 Å². The lowest BCUT2D eigenvalue weighted by Crippen LogP contribution is -2.52. The highest BCUT2D eigenvalue weighted by Gasteiger charge is 2.31. The summed E-state index contributed by atoms with van der Waals surface area (Å²) in [7, 11) is -3.52. The average Bonchev–Trinajstić information content (AvgIpc) is 3.03. The summed E-state index contributed by atoms with van der Waals surface area (Å²) in [4.78, 5) is 14.1. The van der Waals surface area contributed by atoms with Crippen molar-refractivity contribution in [1.29, 1.82) is 0 Å². The van der Waals surface area contributed by atoms with Crippen LogP contribution in [0.15, 0.2) is 16.3 Å². The lowest BCUT2D eigenvalue weighted by molar-refractivity contribution is -0.133. The Morgan fingerprint density at radius 1 is 1.32 bits per heavy atom. The fourth-order valence-corrected chi connectivity index (χ4v) is 5.89. The Morgan fingerprint density at radius 2 is 2.04 bits per heavy atom. The van der Waals surface area contributed by atoms with Gasteiger partial charge in [-0.05, 0) is 12.1 Å². The van der Waals surface area contributed by atoms with Gasteiger partial charge in [0.05, 0.1) is 17.6 Å². The molecule has 0 bridgehead atoms. The molecule has 0 aliphatic carbocycles. The van der Waals surface area contributed by atoms with Gasteiger partial charge in [-0.2, -0.15) is 4.31 Å². The number of hydrogen-bond acceptors (Lipinski definition) is 6. The second-order valence-electron chi connectivity index (χ2n) is 5.77. The Kier molecular flexibility index (Phi) is 7.51. The van der Waals surface area contributed by atoms with Crippen molar-refractivity contribution in [3.05, 3.63) is 16.5 Å². The van der Waals surface area contributed by atoms with Crippen molar-refractivity contribution in [1.82, 2.24) is 14.5 Å². The van der Waals surface area contributed by atoms with Gasteiger partial charge in [0.15, 0.2) is 0 Å². The first-order chi connectivity index (χ1) is 11.5. The zero-order valence-corrected chi connectivity index (χ0v) is 16.7. The van der Waals surface area contributed by atoms with Gasteiger partial charge in [-0.15, -0.1) is 23.7 Å². The van der Waals surface area contributed by atoms with E-state index in [9.17, 15) is 13.2 Å². The maximum Gasteiger partial charge on any atom is 0.252 e. The van der Waals surface area contributed by atoms with Crippen LogP contribution in [0.3, 0.4) is 0 Å². The predicted octanol–water partition coefficient (Wildman–Crippen LogP) is 1.03. The van der Waals surface area contributed by atoms with Crippen LogP contribution in [-0.2, 0) is 19.6 Å². The third-order valence-electron chi connectivity index (χ3n) is 4.15. The number of nitrogens with zero attached hydrogens (tertiary/aromatic N) is 2. The number of morpholine rings is 1. The molecule has 1 atom stereocenters. The molecule has 25 heavy (non-hydrogen) atoms. The molecule has 0 spiro atoms. The molecule has 1 unspecified atom stereocenters. The first-order valence-corrected chi connectivity index (χ1v) is 10.4. The zero-order valence-electron chi connectivity index (χ0n) is 13.5. The molecule has 2 aliphatic heterocycles. The van der Waals surface area contributed by atoms with Crippen LogP contribution in [0, 0.1) is 0 Å². The summed E-state index contributed by atoms with van der Waals surface area (Å²) in [5.74, 6) is 0.0363. The van der Waals surface area contributed by atoms with Crippen molar-refractivity contribution in [2.24, 2.45) is 0 Å². The van der Waals surface area contributed by atoms with E-state index < -0.39 is 10.0 Å². The van der Waals surface area contributed by atoms with Gasteiger partial charge in [0.2, 0.25) is 5.91 Å². The maximum absolute atomic E-state index is 12.5. The second kappa shape index (κ2) is 8.98. The number of amides is 1. The van der Waals surface area contributed by atoms with Crippen LogP contribution >= 0.6 is 35.3 Å². The molecule has 3 rings (SSSR count). The Bertz CT molecular complexity index is 684. The summed E-state index contributed by atoms with van der Waals surface area (Å²) in [6, 6.07) is 3.15. The molecule has 1 N–H and O–H groups in total. The number of piperazine rings is 1. The largest absolute Gasteiger partial charge is 0.378 e. The summed E-state index contributed by atoms with van der Waals surface area (Å²) >= 11 is 6.88. The monoisotopic (exact) mass is 429 g/mol. The number of hydrogen-bond donors (Lipinski definition) is 1. The molecular weight excluding hydrogens is 409 g/mol. The van der Waals surface area contributed by atoms with Crippen LogP contribution in [-0.4, -0.2) is 75.5 Å². The van der Waals surface area contributed by atoms with Crippen LogP contribution in [0.1, 0.15) is 6.42 Å². The third-order valence-corrected chi connectivity index (χ3v) is 7.75. The van der Waals surface area contributed by atoms with E-state index in [4.69, 9.17) is 16.3 Å². The standard InChI is InChI=1S/C14H20ClN3O4S2.ClH/c15-12-1-2-14(23-12)24(20,21)18-6-4-17(5-7-18)13(19)9-11-10-22-8-3-16-11;/h1-2,11,16H,3-10H2;1H. The fraction of sp³-hybridized carbons (Fsp3) is 0.643. The van der Waals surface area contributed by atoms with Gasteiger partial charge in [-0.3, -0.25) is 4.79 Å². The maximum atomic E-state index is 12.5. The molecule has 2 saturated heterocycles. The third kappa shape index (κ3) is 5.06. The number of rotatable bonds is 4. The first-order valence-electron chi connectivity index (χ1n) is 7.81. The van der Waals surface area contributed by atoms with Gasteiger partial charge in [0, 0.05) is 45.2 Å². The van der Waals surface area contributed by atoms with Crippen molar-refractivity contribution in [2.75, 3.05) is 45.9 Å². The fourth-order valence-electron chi connectivity index (χ4n) is 2.83. The average molecular weight is 430 g/mol. The normalized spacial score (nSPS) is 22.4. The van der Waals surface area contributed by atoms with Crippen LogP contribution < -0.4 is 5.32 Å². The van der Waals surface area contributed by atoms with Crippen LogP contribution in [0.4, 0.5) is 0 Å². The van der Waals surface area contributed by atoms with Crippen LogP contribution in [0.25, 0.3) is 0 Å². The van der Waals surface area contributed by atoms with Crippen molar-refractivity contribution in [3.63, 3.8) is 0 Å². The number of nitrogens with one attached hydrogen (secondary N) is 1. The van der Waals surface area contributed by atoms with E-state index in [2.05, 4.69) is 5.32 Å². The van der Waals surface area contributed by atoms with Crippen molar-refractivity contribution in [3.8, 4) is 0 Å². The van der Waals surface area contributed by atoms with Gasteiger partial charge in [-0.25, -0.2) is 8.42 Å². The molecule has 3 heterocycles. The van der Waals surface area contributed by atoms with E-state index in [0.29, 0.717) is 50.1 Å². The molecule has 142 valence electrons. The molecule has 2 fully saturated rings. The molecular formula is C14H21Cl2N3O4S2. The van der Waals surface area contributed by atoms with E-state index in [-0.39, 0.29) is 28.6 Å². The lowest BCUT2D eigenvalue weighted by atomic mass is 10.1. The molecule has 11 heteroatoms. The highest BCUT2D eigenvalue weighted by molar-refractivity contribution is 7.91. The molecule has 7 nitrogen and oxygen atoms in total. The summed E-state index contributed by atoms with van der Waals surface area (Å²) in [5, 5.41) is 3.26. The van der Waals surface area contributed by atoms with Gasteiger partial charge in [0.25, 0.3) is 10.0 Å². The van der Waals surface area contributed by atoms with E-state index >= 15 is 0 Å². The number of carbonyl (C=O) groups excluding carboxylic acids is 1. The molecule has 1 aromatic heterocycles. The lowest BCUT2D eigenvalue weighted by Gasteiger charge is -2.35. The SMILES string of the molecule is Cl.O=C(CC1COCCN1)N1CCN(S(=O)(=O)c2ccc(Cl)s2)CC1. The van der Waals surface area contributed by atoms with E-state index in [0.717, 1.165) is 17.9 Å². The van der Waals surface area contributed by atoms with Gasteiger partial charge < -0.3 is 15.0 Å². The molecule has 2 aliphatic rings. The summed E-state index contributed by atoms with van der Waals surface area (Å²) in [5.41, 5.74) is 0. The van der Waals surface area contributed by atoms with Crippen molar-refractivity contribution >= 4 is 51.3 Å². The first kappa shape index (κ1) is 20.9. The number of ether oxygens (including phenoxy) is 1. The summed E-state index contributed by atoms with van der Waals surface area (Å²) in [6.45, 7) is 3.40. The second-order valence-corrected chi connectivity index (χ2v) is 9.65. The number of carbonyl (C=O) groups is 1. The molecule has 1 aromatic rings. The number of thiophene rings is 1. The molecule has 0 saturated carbocycles. The number of halogens is 2. The van der Waals surface area contributed by atoms with E-state index in [1.807, 2.05) is 0 Å². The van der Waals surface area contributed by atoms with Crippen molar-refractivity contribution < 1.29 is 17.9 Å². The molecule has 0 radical (unpaired) electrons. The highest BCUT2D eigenvalue weighted by atomic mass is 35.5. The molecule has 0 aromatic carbocycles. The van der Waals surface area contributed by atoms with Crippen LogP contribution in [0.2, 0.25) is 4.34 Å². The minimum Gasteiger partial charge on any atom is -0.378 e. The Hall–Kier alpha value is -0.420. The summed E-state index contributed by atoms with van der Waals surface area (Å²) < 4.78 is 32.5. The zero-order chi connectivity index (χ0) is 17.2. The van der Waals surface area contributed by atoms with Gasteiger partial charge in [-0.1, -0.05) is 11.6 Å². The molecule has 1 amide bonds. The van der Waals surface area contributed by atoms with E-state index in [1.165, 1.54) is 10.4 Å². The van der Waals surface area contributed by atoms with Gasteiger partial charge in [0.1, 0.15) is 4.21 Å². The van der Waals surface area contributed by atoms with E-state index in [1.54, 1.807) is 11.0 Å². The van der Waals surface area contributed by atoms with Gasteiger partial charge >= 0.3 is 0 Å². The Morgan fingerprint density at radius 3 is 2.60 bits per heavy atom. The predicted molar refractivity (Wildman–Crippen MR) is 99.1 cm³/mol. The van der Waals surface area contributed by atoms with Crippen LogP contribution in [0.5, 0.6) is 0 Å². The smallest absolute Gasteiger partial charge is 0.252 e. The topological polar surface area (TPSA) is 79.0 Å². The Balaban J connectivity index is 0.00000225.